The Morgan fingerprint density at radius 1 is 1.53 bits per heavy atom. The molecule has 3 rings (SSSR count). The van der Waals surface area contributed by atoms with Crippen molar-refractivity contribution >= 4 is 30.2 Å². The molecule has 0 radical (unpaired) electrons. The molecule has 0 fully saturated rings. The number of aliphatic imine (C=N–C) groups is 1. The molecule has 2 heterocycles. The largest absolute Gasteiger partial charge is 0.457 e. The first kappa shape index (κ1) is 21.2. The minimum Gasteiger partial charge on any atom is -0.457 e. The van der Waals surface area contributed by atoms with E-state index in [-0.39, 0.29) is 25.0 Å². The van der Waals surface area contributed by atoms with Gasteiger partial charge in [0.2, 0.25) is 12.2 Å². The number of esters is 1. The molecule has 7 N–H and O–H groups in total. The summed E-state index contributed by atoms with van der Waals surface area (Å²) in [5.74, 6) is 0.617. The van der Waals surface area contributed by atoms with E-state index in [9.17, 15) is 9.90 Å². The number of ether oxygens (including phenoxy) is 1. The molecule has 2 aliphatic rings. The van der Waals surface area contributed by atoms with Gasteiger partial charge in [-0.2, -0.15) is 0 Å². The average Bonchev–Trinajstić information content (AvgIpc) is 3.39. The van der Waals surface area contributed by atoms with Gasteiger partial charge < -0.3 is 26.3 Å². The van der Waals surface area contributed by atoms with Gasteiger partial charge in [0.05, 0.1) is 11.7 Å². The highest BCUT2D eigenvalue weighted by Gasteiger charge is 2.25. The smallest absolute Gasteiger partial charge is 0.338 e. The maximum absolute atomic E-state index is 11.6. The molecule has 156 valence electrons. The predicted molar refractivity (Wildman–Crippen MR) is 114 cm³/mol. The van der Waals surface area contributed by atoms with Gasteiger partial charge in [0.1, 0.15) is 12.4 Å². The van der Waals surface area contributed by atoms with Crippen LogP contribution in [0.4, 0.5) is 0 Å². The summed E-state index contributed by atoms with van der Waals surface area (Å²) >= 11 is 0. The monoisotopic (exact) mass is 410 g/mol. The number of nitrogens with two attached hydrogens (primary N) is 2. The van der Waals surface area contributed by atoms with Crippen LogP contribution < -0.4 is 16.4 Å². The highest BCUT2D eigenvalue weighted by Crippen LogP contribution is 2.28. The molecule has 10 heteroatoms. The van der Waals surface area contributed by atoms with Crippen molar-refractivity contribution < 1.29 is 20.0 Å². The van der Waals surface area contributed by atoms with Gasteiger partial charge in [0.25, 0.3) is 0 Å². The Hall–Kier alpha value is -3.47. The van der Waals surface area contributed by atoms with E-state index in [4.69, 9.17) is 15.9 Å². The summed E-state index contributed by atoms with van der Waals surface area (Å²) < 4.78 is 5.05. The van der Waals surface area contributed by atoms with Gasteiger partial charge in [-0.15, -0.1) is 0 Å². The Bertz CT molecular complexity index is 992. The lowest BCUT2D eigenvalue weighted by Crippen LogP contribution is -2.84. The third-order valence-corrected chi connectivity index (χ3v) is 4.71. The van der Waals surface area contributed by atoms with E-state index < -0.39 is 6.10 Å². The molecule has 0 spiro atoms. The first-order chi connectivity index (χ1) is 14.5. The molecule has 1 atom stereocenters. The van der Waals surface area contributed by atoms with Crippen LogP contribution in [0.1, 0.15) is 33.2 Å². The Labute approximate surface area is 173 Å². The van der Waals surface area contributed by atoms with Crippen LogP contribution in [0.2, 0.25) is 0 Å². The number of nitrogens with one attached hydrogen (secondary N) is 2. The standard InChI is InChI=1S/C20H23N7O3/c1-12-14(2-3-15-16(12)10-30-20(15)29)17(28)9-23-7-13(6-21)8-24-18(22)4-5-19-25-11-26-27-19/h2-6,8,11,17,21,23,28H,7,9-10H2,1H3,(H2,22,24)(H,25,26,27)/p+1. The molecule has 1 aromatic carbocycles. The number of benzene rings is 1. The zero-order chi connectivity index (χ0) is 21.5. The number of amidine groups is 2. The molecule has 0 aliphatic carbocycles. The summed E-state index contributed by atoms with van der Waals surface area (Å²) in [4.78, 5) is 15.7. The maximum atomic E-state index is 11.6. The second kappa shape index (κ2) is 9.83. The molecule has 2 aliphatic heterocycles. The van der Waals surface area contributed by atoms with Crippen molar-refractivity contribution in [3.63, 3.8) is 0 Å². The van der Waals surface area contributed by atoms with Gasteiger partial charge in [0.15, 0.2) is 0 Å². The lowest BCUT2D eigenvalue weighted by molar-refractivity contribution is -0.390. The number of nitrogens with zero attached hydrogens (tertiary/aromatic N) is 3. The normalized spacial score (nSPS) is 17.3. The van der Waals surface area contributed by atoms with Crippen LogP contribution in [0.5, 0.6) is 0 Å². The molecular formula is C20H24N7O3+. The van der Waals surface area contributed by atoms with Crippen LogP contribution in [0, 0.1) is 12.3 Å². The van der Waals surface area contributed by atoms with Crippen LogP contribution in [0.3, 0.4) is 0 Å². The van der Waals surface area contributed by atoms with Crippen LogP contribution in [-0.4, -0.2) is 48.4 Å². The second-order valence-electron chi connectivity index (χ2n) is 6.72. The third kappa shape index (κ3) is 5.11. The molecule has 30 heavy (non-hydrogen) atoms. The summed E-state index contributed by atoms with van der Waals surface area (Å²) in [6.45, 7) is 2.71. The number of fused-ring (bicyclic) bond motifs is 1. The minimum atomic E-state index is -0.764. The molecule has 0 aromatic heterocycles. The van der Waals surface area contributed by atoms with E-state index in [2.05, 4.69) is 20.5 Å². The van der Waals surface area contributed by atoms with Gasteiger partial charge in [0, 0.05) is 42.7 Å². The van der Waals surface area contributed by atoms with Crippen molar-refractivity contribution in [2.75, 3.05) is 13.1 Å². The molecule has 0 saturated carbocycles. The van der Waals surface area contributed by atoms with Gasteiger partial charge in [-0.05, 0) is 30.2 Å². The number of rotatable bonds is 9. The van der Waals surface area contributed by atoms with Gasteiger partial charge in [-0.1, -0.05) is 16.3 Å². The number of carbonyl (C=O) groups is 1. The molecule has 0 amide bonds. The van der Waals surface area contributed by atoms with Gasteiger partial charge in [-0.25, -0.2) is 9.79 Å². The molecule has 1 aromatic rings. The SMILES string of the molecule is Cc1c(C(O)CNCC(C=N)=CN=C(N)C=CC2=NN=C[NH2+]2)ccc2c1COC2=O. The van der Waals surface area contributed by atoms with E-state index >= 15 is 0 Å². The Kier molecular flexibility index (Phi) is 6.96. The Balaban J connectivity index is 1.54. The molecule has 10 nitrogen and oxygen atoms in total. The van der Waals surface area contributed by atoms with E-state index in [0.29, 0.717) is 23.5 Å². The van der Waals surface area contributed by atoms with Crippen molar-refractivity contribution in [2.45, 2.75) is 19.6 Å². The van der Waals surface area contributed by atoms with Crippen molar-refractivity contribution in [1.82, 2.24) is 5.32 Å². The summed E-state index contributed by atoms with van der Waals surface area (Å²) in [5, 5.41) is 30.5. The number of quaternary nitrogens is 1. The van der Waals surface area contributed by atoms with E-state index in [1.807, 2.05) is 6.92 Å². The van der Waals surface area contributed by atoms with Crippen molar-refractivity contribution in [3.8, 4) is 0 Å². The second-order valence-corrected chi connectivity index (χ2v) is 6.72. The first-order valence-corrected chi connectivity index (χ1v) is 9.33. The van der Waals surface area contributed by atoms with E-state index in [1.165, 1.54) is 12.4 Å². The summed E-state index contributed by atoms with van der Waals surface area (Å²) in [7, 11) is 0. The molecular weight excluding hydrogens is 386 g/mol. The van der Waals surface area contributed by atoms with Crippen LogP contribution >= 0.6 is 0 Å². The number of cyclic esters (lactones) is 1. The van der Waals surface area contributed by atoms with Crippen LogP contribution in [0.25, 0.3) is 0 Å². The fourth-order valence-electron chi connectivity index (χ4n) is 3.03. The summed E-state index contributed by atoms with van der Waals surface area (Å²) in [5.41, 5.74) is 9.38. The van der Waals surface area contributed by atoms with Crippen LogP contribution in [0.15, 0.2) is 51.3 Å². The number of carbonyl (C=O) groups excluding carboxylic acids is 1. The first-order valence-electron chi connectivity index (χ1n) is 9.33. The van der Waals surface area contributed by atoms with Crippen molar-refractivity contribution in [2.24, 2.45) is 20.9 Å². The lowest BCUT2D eigenvalue weighted by atomic mass is 9.95. The minimum absolute atomic E-state index is 0.237. The number of aliphatic hydroxyl groups excluding tert-OH is 1. The average molecular weight is 410 g/mol. The molecule has 0 bridgehead atoms. The predicted octanol–water partition coefficient (Wildman–Crippen LogP) is -0.346. The summed E-state index contributed by atoms with van der Waals surface area (Å²) in [6.07, 6.45) is 6.77. The maximum Gasteiger partial charge on any atom is 0.338 e. The quantitative estimate of drug-likeness (QED) is 0.213. The lowest BCUT2D eigenvalue weighted by Gasteiger charge is -2.16. The third-order valence-electron chi connectivity index (χ3n) is 4.71. The number of hydrogen-bond donors (Lipinski definition) is 5. The topological polar surface area (TPSA) is 162 Å². The Morgan fingerprint density at radius 2 is 2.37 bits per heavy atom. The number of hydrogen-bond acceptors (Lipinski definition) is 8. The molecule has 1 unspecified atom stereocenters. The van der Waals surface area contributed by atoms with Crippen LogP contribution in [-0.2, 0) is 11.3 Å². The summed E-state index contributed by atoms with van der Waals surface area (Å²) in [6, 6.07) is 3.43. The van der Waals surface area contributed by atoms with E-state index in [1.54, 1.807) is 35.9 Å². The fourth-order valence-corrected chi connectivity index (χ4v) is 3.03. The van der Waals surface area contributed by atoms with Crippen molar-refractivity contribution in [3.05, 3.63) is 58.3 Å². The van der Waals surface area contributed by atoms with Crippen molar-refractivity contribution in [1.29, 1.82) is 5.41 Å². The highest BCUT2D eigenvalue weighted by molar-refractivity contribution is 5.99. The van der Waals surface area contributed by atoms with E-state index in [0.717, 1.165) is 16.7 Å². The zero-order valence-corrected chi connectivity index (χ0v) is 16.5. The molecule has 0 saturated heterocycles. The zero-order valence-electron chi connectivity index (χ0n) is 16.5. The Morgan fingerprint density at radius 3 is 3.10 bits per heavy atom. The highest BCUT2D eigenvalue weighted by atomic mass is 16.5. The number of aliphatic hydroxyl groups is 1. The van der Waals surface area contributed by atoms with Gasteiger partial charge >= 0.3 is 5.97 Å². The fraction of sp³-hybridized carbons (Fsp3) is 0.250. The van der Waals surface area contributed by atoms with Gasteiger partial charge in [-0.3, -0.25) is 5.32 Å².